The molecular formula is C34H62N4O11S. The van der Waals surface area contributed by atoms with Gasteiger partial charge in [0.05, 0.1) is 29.6 Å². The molecule has 15 nitrogen and oxygen atoms in total. The fourth-order valence-corrected chi connectivity index (χ4v) is 8.19. The second kappa shape index (κ2) is 17.3. The Bertz CT molecular complexity index is 1290. The third kappa shape index (κ3) is 10.1. The van der Waals surface area contributed by atoms with E-state index in [9.17, 15) is 27.9 Å². The zero-order valence-corrected chi connectivity index (χ0v) is 32.5. The Balaban J connectivity index is 1.98. The lowest BCUT2D eigenvalue weighted by Crippen LogP contribution is -2.60. The Labute approximate surface area is 298 Å². The van der Waals surface area contributed by atoms with Gasteiger partial charge >= 0.3 is 12.1 Å². The van der Waals surface area contributed by atoms with E-state index in [-0.39, 0.29) is 30.3 Å². The van der Waals surface area contributed by atoms with Crippen LogP contribution >= 0.6 is 0 Å². The van der Waals surface area contributed by atoms with Crippen molar-refractivity contribution in [1.29, 1.82) is 0 Å². The van der Waals surface area contributed by atoms with Crippen LogP contribution in [0, 0.1) is 17.8 Å². The number of ether oxygens (including phenoxy) is 5. The number of hydrogen-bond donors (Lipinski definition) is 4. The number of carbonyl (C=O) groups is 3. The van der Waals surface area contributed by atoms with Gasteiger partial charge in [-0.25, -0.2) is 13.2 Å². The van der Waals surface area contributed by atoms with Gasteiger partial charge in [-0.3, -0.25) is 9.59 Å². The van der Waals surface area contributed by atoms with E-state index in [1.165, 1.54) is 13.2 Å². The van der Waals surface area contributed by atoms with Gasteiger partial charge in [-0.05, 0) is 73.5 Å². The number of methoxy groups -OCH3 is 1. The number of amides is 1. The van der Waals surface area contributed by atoms with Crippen LogP contribution in [0.25, 0.3) is 0 Å². The second-order valence-corrected chi connectivity index (χ2v) is 17.5. The van der Waals surface area contributed by atoms with Crippen LogP contribution in [0.5, 0.6) is 0 Å². The van der Waals surface area contributed by atoms with Crippen LogP contribution in [0.2, 0.25) is 0 Å². The lowest BCUT2D eigenvalue weighted by molar-refractivity contribution is -0.297. The maximum atomic E-state index is 14.2. The number of hydrogen-bond acceptors (Lipinski definition) is 14. The molecule has 3 saturated heterocycles. The van der Waals surface area contributed by atoms with Crippen LogP contribution < -0.4 is 16.0 Å². The van der Waals surface area contributed by atoms with Crippen molar-refractivity contribution in [2.24, 2.45) is 17.8 Å². The van der Waals surface area contributed by atoms with Crippen molar-refractivity contribution < 1.29 is 51.6 Å². The molecule has 4 N–H and O–H groups in total. The number of cyclic esters (lactones) is 1. The molecule has 0 bridgehead atoms. The summed E-state index contributed by atoms with van der Waals surface area (Å²) in [5.74, 6) is -3.36. The number of fused-ring (bicyclic) bond motifs is 1. The van der Waals surface area contributed by atoms with E-state index in [1.54, 1.807) is 21.0 Å². The first-order valence-corrected chi connectivity index (χ1v) is 19.8. The number of ketones is 1. The predicted octanol–water partition coefficient (Wildman–Crippen LogP) is 0.865. The quantitative estimate of drug-likeness (QED) is 0.140. The summed E-state index contributed by atoms with van der Waals surface area (Å²) in [5.41, 5.74) is -2.28. The first kappa shape index (κ1) is 42.5. The molecule has 1 amide bonds. The first-order chi connectivity index (χ1) is 23.2. The zero-order chi connectivity index (χ0) is 37.8. The van der Waals surface area contributed by atoms with Crippen molar-refractivity contribution in [1.82, 2.24) is 20.9 Å². The van der Waals surface area contributed by atoms with Crippen LogP contribution in [-0.4, -0.2) is 149 Å². The maximum Gasteiger partial charge on any atom is 0.408 e. The monoisotopic (exact) mass is 734 g/mol. The summed E-state index contributed by atoms with van der Waals surface area (Å²) >= 11 is 0. The lowest BCUT2D eigenvalue weighted by atomic mass is 9.78. The topological polar surface area (TPSA) is 191 Å². The van der Waals surface area contributed by atoms with Crippen molar-refractivity contribution in [2.45, 2.75) is 128 Å². The summed E-state index contributed by atoms with van der Waals surface area (Å²) in [7, 11) is 2.08. The van der Waals surface area contributed by atoms with Crippen LogP contribution in [0.4, 0.5) is 4.79 Å². The minimum absolute atomic E-state index is 0.0269. The molecule has 3 heterocycles. The van der Waals surface area contributed by atoms with Gasteiger partial charge in [0.15, 0.2) is 17.7 Å². The largest absolute Gasteiger partial charge is 0.458 e. The molecule has 50 heavy (non-hydrogen) atoms. The molecule has 0 saturated carbocycles. The highest BCUT2D eigenvalue weighted by Crippen LogP contribution is 2.37. The van der Waals surface area contributed by atoms with Crippen molar-refractivity contribution >= 4 is 27.7 Å². The van der Waals surface area contributed by atoms with E-state index in [4.69, 9.17) is 23.7 Å². The van der Waals surface area contributed by atoms with Gasteiger partial charge in [0.25, 0.3) is 0 Å². The molecule has 3 rings (SSSR count). The number of sulfone groups is 1. The average Bonchev–Trinajstić information content (AvgIpc) is 3.36. The van der Waals surface area contributed by atoms with Gasteiger partial charge in [-0.2, -0.15) is 0 Å². The Morgan fingerprint density at radius 1 is 1.12 bits per heavy atom. The molecule has 0 spiro atoms. The fraction of sp³-hybridized carbons (Fsp3) is 0.912. The summed E-state index contributed by atoms with van der Waals surface area (Å²) in [5, 5.41) is 21.1. The molecule has 13 atom stereocenters. The zero-order valence-electron chi connectivity index (χ0n) is 31.7. The number of carbonyl (C=O) groups excluding carboxylic acids is 3. The molecule has 5 unspecified atom stereocenters. The number of alkyl carbamates (subject to hydrolysis) is 1. The standard InChI is InChI=1S/C34H62N4O11S/c1-12-25-34(7)28(37-32(42)49-34)22(5)36-17-19(2)16-33(6,45-10)29(20(3)26(39)21(4)30(41)47-25)48-31-27(40)24(38(8)9)15-23(46-31)18-35-13-14-50(11,43)44/h19-25,27-29,31,35-36,40H,12-18H2,1-11H3,(H,37,42)/t19-,20+,21?,22-,23?,24?,25-,27?,28-,29-,31?,33-,34-/m1/s1. The van der Waals surface area contributed by atoms with Gasteiger partial charge in [0.2, 0.25) is 0 Å². The molecule has 16 heteroatoms. The highest BCUT2D eigenvalue weighted by Gasteiger charge is 2.55. The van der Waals surface area contributed by atoms with Crippen LogP contribution in [0.15, 0.2) is 0 Å². The fourth-order valence-electron chi connectivity index (χ4n) is 7.67. The van der Waals surface area contributed by atoms with Gasteiger partial charge in [-0.15, -0.1) is 0 Å². The van der Waals surface area contributed by atoms with Crippen molar-refractivity contribution in [3.05, 3.63) is 0 Å². The van der Waals surface area contributed by atoms with Gasteiger partial charge < -0.3 is 49.6 Å². The maximum absolute atomic E-state index is 14.2. The Morgan fingerprint density at radius 2 is 1.78 bits per heavy atom. The van der Waals surface area contributed by atoms with Crippen molar-refractivity contribution in [3.8, 4) is 0 Å². The van der Waals surface area contributed by atoms with E-state index in [0.29, 0.717) is 32.4 Å². The van der Waals surface area contributed by atoms with Crippen molar-refractivity contribution in [2.75, 3.05) is 52.8 Å². The summed E-state index contributed by atoms with van der Waals surface area (Å²) in [6.07, 6.45) is -2.72. The van der Waals surface area contributed by atoms with Gasteiger partial charge in [0, 0.05) is 44.5 Å². The number of aliphatic hydroxyl groups excluding tert-OH is 1. The molecule has 3 fully saturated rings. The molecule has 0 aliphatic carbocycles. The Hall–Kier alpha value is -1.92. The van der Waals surface area contributed by atoms with Crippen LogP contribution in [0.1, 0.15) is 67.7 Å². The molecule has 0 aromatic heterocycles. The normalized spacial score (nSPS) is 41.1. The van der Waals surface area contributed by atoms with E-state index in [2.05, 4.69) is 16.0 Å². The first-order valence-electron chi connectivity index (χ1n) is 17.7. The molecule has 0 aromatic carbocycles. The molecule has 290 valence electrons. The van der Waals surface area contributed by atoms with Crippen molar-refractivity contribution in [3.63, 3.8) is 0 Å². The van der Waals surface area contributed by atoms with Crippen LogP contribution in [0.3, 0.4) is 0 Å². The molecular weight excluding hydrogens is 672 g/mol. The number of aliphatic hydroxyl groups is 1. The lowest BCUT2D eigenvalue weighted by Gasteiger charge is -2.47. The third-order valence-electron chi connectivity index (χ3n) is 10.7. The smallest absolute Gasteiger partial charge is 0.408 e. The number of rotatable bonds is 10. The minimum atomic E-state index is -3.15. The number of esters is 1. The number of Topliss-reactive ketones (excluding diaryl/α,β-unsaturated/α-hetero) is 1. The number of nitrogens with one attached hydrogen (secondary N) is 3. The van der Waals surface area contributed by atoms with E-state index in [1.807, 2.05) is 46.7 Å². The summed E-state index contributed by atoms with van der Waals surface area (Å²) in [6, 6.07) is -1.17. The van der Waals surface area contributed by atoms with Crippen LogP contribution in [-0.2, 0) is 43.1 Å². The predicted molar refractivity (Wildman–Crippen MR) is 186 cm³/mol. The second-order valence-electron chi connectivity index (χ2n) is 15.2. The Kier molecular flexibility index (Phi) is 14.7. The molecule has 3 aliphatic rings. The Morgan fingerprint density at radius 3 is 2.36 bits per heavy atom. The highest BCUT2D eigenvalue weighted by molar-refractivity contribution is 7.90. The number of nitrogens with zero attached hydrogens (tertiary/aromatic N) is 1. The highest BCUT2D eigenvalue weighted by atomic mass is 32.2. The van der Waals surface area contributed by atoms with Gasteiger partial charge in [-0.1, -0.05) is 20.8 Å². The van der Waals surface area contributed by atoms with E-state index >= 15 is 0 Å². The minimum Gasteiger partial charge on any atom is -0.458 e. The van der Waals surface area contributed by atoms with E-state index < -0.39 is 87.5 Å². The summed E-state index contributed by atoms with van der Waals surface area (Å²) in [6.45, 7) is 13.6. The third-order valence-corrected chi connectivity index (χ3v) is 11.7. The number of likely N-dealkylation sites (N-methyl/N-ethyl adjacent to an activating group) is 1. The molecule has 3 aliphatic heterocycles. The average molecular weight is 735 g/mol. The molecule has 0 radical (unpaired) electrons. The summed E-state index contributed by atoms with van der Waals surface area (Å²) in [4.78, 5) is 42.2. The summed E-state index contributed by atoms with van der Waals surface area (Å²) < 4.78 is 54.1. The van der Waals surface area contributed by atoms with Gasteiger partial charge in [0.1, 0.15) is 28.0 Å². The molecule has 0 aromatic rings. The van der Waals surface area contributed by atoms with E-state index in [0.717, 1.165) is 0 Å². The SMILES string of the molecule is CC[C@H]1OC(=O)C(C)C(=O)[C@H](C)[C@@H](OC2OC(CNCCS(C)(=O)=O)CC(N(C)C)C2O)[C@](C)(OC)C[C@@H](C)CN[C@H](C)[C@H]2NC(=O)O[C@@]21C.